The number of amides is 1. The Morgan fingerprint density at radius 1 is 1.30 bits per heavy atom. The molecule has 2 N–H and O–H groups in total. The van der Waals surface area contributed by atoms with Crippen LogP contribution in [0.2, 0.25) is 0 Å². The first kappa shape index (κ1) is 20.8. The van der Waals surface area contributed by atoms with Gasteiger partial charge in [0, 0.05) is 37.7 Å². The molecular formula is C16H21N3O7S. The first-order valence-electron chi connectivity index (χ1n) is 8.38. The molecule has 1 aliphatic rings. The average molecular weight is 399 g/mol. The van der Waals surface area contributed by atoms with Crippen LogP contribution in [-0.2, 0) is 19.6 Å². The predicted molar refractivity (Wildman–Crippen MR) is 94.4 cm³/mol. The van der Waals surface area contributed by atoms with Gasteiger partial charge in [0.15, 0.2) is 0 Å². The van der Waals surface area contributed by atoms with Crippen molar-refractivity contribution in [3.05, 3.63) is 34.4 Å². The molecule has 1 amide bonds. The SMILES string of the molecule is CC1CCC(C(=O)O)CN1C(=O)CCNS(=O)(=O)c1ccc([N+](=O)[O-])cc1. The smallest absolute Gasteiger partial charge is 0.308 e. The largest absolute Gasteiger partial charge is 0.481 e. The maximum absolute atomic E-state index is 12.3. The van der Waals surface area contributed by atoms with Crippen molar-refractivity contribution in [1.29, 1.82) is 0 Å². The number of carboxylic acids is 1. The first-order chi connectivity index (χ1) is 12.6. The second kappa shape index (κ2) is 8.44. The summed E-state index contributed by atoms with van der Waals surface area (Å²) in [6, 6.07) is 4.31. The highest BCUT2D eigenvalue weighted by Gasteiger charge is 2.32. The molecule has 0 bridgehead atoms. The van der Waals surface area contributed by atoms with E-state index in [-0.39, 0.29) is 42.0 Å². The Labute approximate surface area is 156 Å². The summed E-state index contributed by atoms with van der Waals surface area (Å²) in [5.41, 5.74) is -0.226. The van der Waals surface area contributed by atoms with Crippen molar-refractivity contribution < 1.29 is 28.0 Å². The zero-order chi connectivity index (χ0) is 20.2. The normalized spacial score (nSPS) is 20.3. The van der Waals surface area contributed by atoms with Crippen LogP contribution in [0, 0.1) is 16.0 Å². The molecule has 1 heterocycles. The molecule has 0 saturated carbocycles. The monoisotopic (exact) mass is 399 g/mol. The van der Waals surface area contributed by atoms with Crippen molar-refractivity contribution in [2.24, 2.45) is 5.92 Å². The van der Waals surface area contributed by atoms with Crippen molar-refractivity contribution in [2.45, 2.75) is 37.1 Å². The topological polar surface area (TPSA) is 147 Å². The van der Waals surface area contributed by atoms with Crippen LogP contribution < -0.4 is 4.72 Å². The number of nitrogens with zero attached hydrogens (tertiary/aromatic N) is 2. The number of nitro groups is 1. The summed E-state index contributed by atoms with van der Waals surface area (Å²) in [6.45, 7) is 1.79. The minimum absolute atomic E-state index is 0.0978. The fourth-order valence-electron chi connectivity index (χ4n) is 2.92. The molecule has 10 nitrogen and oxygen atoms in total. The molecule has 11 heteroatoms. The van der Waals surface area contributed by atoms with E-state index in [9.17, 15) is 28.1 Å². The number of carboxylic acid groups (broad SMARTS) is 1. The minimum atomic E-state index is -3.90. The highest BCUT2D eigenvalue weighted by molar-refractivity contribution is 7.89. The number of likely N-dealkylation sites (tertiary alicyclic amines) is 1. The number of nitro benzene ring substituents is 1. The van der Waals surface area contributed by atoms with Crippen LogP contribution in [0.25, 0.3) is 0 Å². The lowest BCUT2D eigenvalue weighted by molar-refractivity contribution is -0.384. The fraction of sp³-hybridized carbons (Fsp3) is 0.500. The number of nitrogens with one attached hydrogen (secondary N) is 1. The predicted octanol–water partition coefficient (Wildman–Crippen LogP) is 0.975. The standard InChI is InChI=1S/C16H21N3O7S/c1-11-2-3-12(16(21)22)10-18(11)15(20)8-9-17-27(25,26)14-6-4-13(5-7-14)19(23)24/h4-7,11-12,17H,2-3,8-10H2,1H3,(H,21,22). The van der Waals surface area contributed by atoms with E-state index in [1.807, 2.05) is 6.92 Å². The maximum atomic E-state index is 12.3. The second-order valence-electron chi connectivity index (χ2n) is 6.41. The van der Waals surface area contributed by atoms with Crippen LogP contribution in [0.4, 0.5) is 5.69 Å². The number of piperidine rings is 1. The molecule has 1 aromatic carbocycles. The zero-order valence-corrected chi connectivity index (χ0v) is 15.5. The van der Waals surface area contributed by atoms with Gasteiger partial charge in [0.2, 0.25) is 15.9 Å². The van der Waals surface area contributed by atoms with Gasteiger partial charge in [-0.05, 0) is 31.9 Å². The van der Waals surface area contributed by atoms with Gasteiger partial charge in [-0.2, -0.15) is 0 Å². The summed E-state index contributed by atoms with van der Waals surface area (Å²) in [5, 5.41) is 19.7. The van der Waals surface area contributed by atoms with E-state index >= 15 is 0 Å². The Kier molecular flexibility index (Phi) is 6.50. The molecule has 148 valence electrons. The lowest BCUT2D eigenvalue weighted by Crippen LogP contribution is -2.48. The van der Waals surface area contributed by atoms with Gasteiger partial charge >= 0.3 is 5.97 Å². The van der Waals surface area contributed by atoms with Crippen LogP contribution in [0.15, 0.2) is 29.2 Å². The summed E-state index contributed by atoms with van der Waals surface area (Å²) >= 11 is 0. The Balaban J connectivity index is 1.93. The van der Waals surface area contributed by atoms with E-state index < -0.39 is 26.8 Å². The first-order valence-corrected chi connectivity index (χ1v) is 9.86. The van der Waals surface area contributed by atoms with Gasteiger partial charge in [-0.1, -0.05) is 0 Å². The molecule has 1 fully saturated rings. The third kappa shape index (κ3) is 5.23. The molecule has 0 spiro atoms. The van der Waals surface area contributed by atoms with E-state index in [0.29, 0.717) is 12.8 Å². The molecule has 1 saturated heterocycles. The van der Waals surface area contributed by atoms with Gasteiger partial charge in [-0.15, -0.1) is 0 Å². The fourth-order valence-corrected chi connectivity index (χ4v) is 3.95. The average Bonchev–Trinajstić information content (AvgIpc) is 2.61. The number of rotatable bonds is 7. The van der Waals surface area contributed by atoms with Crippen molar-refractivity contribution in [2.75, 3.05) is 13.1 Å². The molecule has 0 aliphatic carbocycles. The van der Waals surface area contributed by atoms with Gasteiger partial charge in [0.05, 0.1) is 15.7 Å². The van der Waals surface area contributed by atoms with E-state index in [1.165, 1.54) is 4.90 Å². The highest BCUT2D eigenvalue weighted by Crippen LogP contribution is 2.23. The van der Waals surface area contributed by atoms with Crippen molar-refractivity contribution in [3.63, 3.8) is 0 Å². The number of non-ortho nitro benzene ring substituents is 1. The van der Waals surface area contributed by atoms with E-state index in [4.69, 9.17) is 5.11 Å². The second-order valence-corrected chi connectivity index (χ2v) is 8.17. The number of benzene rings is 1. The summed E-state index contributed by atoms with van der Waals surface area (Å²) in [6.07, 6.45) is 0.979. The minimum Gasteiger partial charge on any atom is -0.481 e. The number of hydrogen-bond donors (Lipinski definition) is 2. The molecule has 2 atom stereocenters. The van der Waals surface area contributed by atoms with Gasteiger partial charge in [0.25, 0.3) is 5.69 Å². The van der Waals surface area contributed by atoms with Crippen LogP contribution >= 0.6 is 0 Å². The number of sulfonamides is 1. The van der Waals surface area contributed by atoms with Crippen molar-refractivity contribution in [1.82, 2.24) is 9.62 Å². The number of carbonyl (C=O) groups excluding carboxylic acids is 1. The third-order valence-corrected chi connectivity index (χ3v) is 6.02. The van der Waals surface area contributed by atoms with E-state index in [2.05, 4.69) is 4.72 Å². The quantitative estimate of drug-likeness (QED) is 0.513. The zero-order valence-electron chi connectivity index (χ0n) is 14.7. The molecule has 27 heavy (non-hydrogen) atoms. The van der Waals surface area contributed by atoms with Crippen molar-refractivity contribution in [3.8, 4) is 0 Å². The number of carbonyl (C=O) groups is 2. The van der Waals surface area contributed by atoms with Crippen LogP contribution in [0.5, 0.6) is 0 Å². The summed E-state index contributed by atoms with van der Waals surface area (Å²) in [5.74, 6) is -1.87. The number of hydrogen-bond acceptors (Lipinski definition) is 6. The molecule has 0 radical (unpaired) electrons. The highest BCUT2D eigenvalue weighted by atomic mass is 32.2. The van der Waals surface area contributed by atoms with Crippen molar-refractivity contribution >= 4 is 27.6 Å². The van der Waals surface area contributed by atoms with Crippen LogP contribution in [0.1, 0.15) is 26.2 Å². The van der Waals surface area contributed by atoms with Gasteiger partial charge in [-0.25, -0.2) is 13.1 Å². The van der Waals surface area contributed by atoms with E-state index in [1.54, 1.807) is 0 Å². The van der Waals surface area contributed by atoms with Gasteiger partial charge in [0.1, 0.15) is 0 Å². The maximum Gasteiger partial charge on any atom is 0.308 e. The lowest BCUT2D eigenvalue weighted by atomic mass is 9.93. The summed E-state index contributed by atoms with van der Waals surface area (Å²) in [7, 11) is -3.90. The Hall–Kier alpha value is -2.53. The molecule has 2 unspecified atom stereocenters. The number of aliphatic carboxylic acids is 1. The van der Waals surface area contributed by atoms with Gasteiger partial charge in [-0.3, -0.25) is 19.7 Å². The summed E-state index contributed by atoms with van der Waals surface area (Å²) in [4.78, 5) is 34.8. The van der Waals surface area contributed by atoms with Gasteiger partial charge < -0.3 is 10.0 Å². The van der Waals surface area contributed by atoms with E-state index in [0.717, 1.165) is 24.3 Å². The molecule has 2 rings (SSSR count). The summed E-state index contributed by atoms with van der Waals surface area (Å²) < 4.78 is 26.7. The Bertz CT molecular complexity index is 823. The molecular weight excluding hydrogens is 378 g/mol. The molecule has 0 aromatic heterocycles. The Morgan fingerprint density at radius 2 is 1.93 bits per heavy atom. The Morgan fingerprint density at radius 3 is 2.48 bits per heavy atom. The molecule has 1 aromatic rings. The van der Waals surface area contributed by atoms with Crippen LogP contribution in [0.3, 0.4) is 0 Å². The third-order valence-electron chi connectivity index (χ3n) is 4.54. The molecule has 1 aliphatic heterocycles. The van der Waals surface area contributed by atoms with Crippen LogP contribution in [-0.4, -0.2) is 54.4 Å². The lowest BCUT2D eigenvalue weighted by Gasteiger charge is -2.36.